The summed E-state index contributed by atoms with van der Waals surface area (Å²) in [5, 5.41) is 3.45. The maximum absolute atomic E-state index is 12.0. The van der Waals surface area contributed by atoms with Crippen molar-refractivity contribution in [2.24, 2.45) is 0 Å². The van der Waals surface area contributed by atoms with Crippen molar-refractivity contribution in [2.45, 2.75) is 51.2 Å². The highest BCUT2D eigenvalue weighted by atomic mass is 19.4. The molecule has 17 heavy (non-hydrogen) atoms. The van der Waals surface area contributed by atoms with Crippen LogP contribution in [-0.2, 0) is 0 Å². The Hall–Kier alpha value is -0.290. The van der Waals surface area contributed by atoms with Crippen LogP contribution in [0.3, 0.4) is 0 Å². The van der Waals surface area contributed by atoms with Crippen LogP contribution in [0.25, 0.3) is 0 Å². The molecule has 2 nitrogen and oxygen atoms in total. The van der Waals surface area contributed by atoms with Gasteiger partial charge >= 0.3 is 6.18 Å². The lowest BCUT2D eigenvalue weighted by Crippen LogP contribution is -2.37. The van der Waals surface area contributed by atoms with Crippen LogP contribution in [0.5, 0.6) is 0 Å². The van der Waals surface area contributed by atoms with Crippen molar-refractivity contribution in [2.75, 3.05) is 26.2 Å². The second-order valence-corrected chi connectivity index (χ2v) is 4.79. The molecular formula is C12H23F3N2. The lowest BCUT2D eigenvalue weighted by atomic mass is 10.2. The second-order valence-electron chi connectivity index (χ2n) is 4.79. The molecule has 0 aromatic rings. The van der Waals surface area contributed by atoms with Crippen molar-refractivity contribution in [3.63, 3.8) is 0 Å². The van der Waals surface area contributed by atoms with Gasteiger partial charge in [-0.25, -0.2) is 0 Å². The monoisotopic (exact) mass is 252 g/mol. The Kier molecular flexibility index (Phi) is 6.27. The van der Waals surface area contributed by atoms with E-state index in [1.165, 1.54) is 0 Å². The van der Waals surface area contributed by atoms with E-state index in [0.29, 0.717) is 12.5 Å². The van der Waals surface area contributed by atoms with Crippen LogP contribution in [0.2, 0.25) is 0 Å². The molecule has 0 spiro atoms. The third kappa shape index (κ3) is 6.88. The van der Waals surface area contributed by atoms with Crippen LogP contribution >= 0.6 is 0 Å². The zero-order chi connectivity index (χ0) is 12.7. The number of rotatable bonds is 5. The first kappa shape index (κ1) is 14.8. The summed E-state index contributed by atoms with van der Waals surface area (Å²) in [6, 6.07) is 0.500. The molecule has 1 aliphatic rings. The summed E-state index contributed by atoms with van der Waals surface area (Å²) in [7, 11) is 0. The number of alkyl halides is 3. The van der Waals surface area contributed by atoms with Gasteiger partial charge in [0.2, 0.25) is 0 Å². The van der Waals surface area contributed by atoms with E-state index < -0.39 is 12.6 Å². The fourth-order valence-corrected chi connectivity index (χ4v) is 2.21. The molecule has 1 unspecified atom stereocenters. The standard InChI is InChI=1S/C12H23F3N2/c1-2-11-10-17(9-5-7-16-11)8-4-3-6-12(13,14)15/h11,16H,2-10H2,1H3. The Morgan fingerprint density at radius 3 is 2.71 bits per heavy atom. The van der Waals surface area contributed by atoms with Crippen LogP contribution in [-0.4, -0.2) is 43.3 Å². The maximum atomic E-state index is 12.0. The van der Waals surface area contributed by atoms with E-state index in [-0.39, 0.29) is 6.42 Å². The highest BCUT2D eigenvalue weighted by Gasteiger charge is 2.26. The lowest BCUT2D eigenvalue weighted by molar-refractivity contribution is -0.135. The van der Waals surface area contributed by atoms with Crippen LogP contribution in [0, 0.1) is 0 Å². The maximum Gasteiger partial charge on any atom is 0.389 e. The van der Waals surface area contributed by atoms with E-state index >= 15 is 0 Å². The minimum Gasteiger partial charge on any atom is -0.313 e. The van der Waals surface area contributed by atoms with Gasteiger partial charge in [0.1, 0.15) is 0 Å². The molecule has 0 radical (unpaired) electrons. The van der Waals surface area contributed by atoms with Gasteiger partial charge in [-0.15, -0.1) is 0 Å². The van der Waals surface area contributed by atoms with Crippen LogP contribution in [0.15, 0.2) is 0 Å². The van der Waals surface area contributed by atoms with Crippen molar-refractivity contribution >= 4 is 0 Å². The minimum absolute atomic E-state index is 0.254. The van der Waals surface area contributed by atoms with Crippen molar-refractivity contribution in [3.05, 3.63) is 0 Å². The third-order valence-corrected chi connectivity index (χ3v) is 3.24. The normalized spacial score (nSPS) is 23.6. The highest BCUT2D eigenvalue weighted by molar-refractivity contribution is 4.75. The number of nitrogens with zero attached hydrogens (tertiary/aromatic N) is 1. The lowest BCUT2D eigenvalue weighted by Gasteiger charge is -2.23. The summed E-state index contributed by atoms with van der Waals surface area (Å²) in [4.78, 5) is 2.30. The van der Waals surface area contributed by atoms with Gasteiger partial charge in [0.05, 0.1) is 0 Å². The van der Waals surface area contributed by atoms with Gasteiger partial charge in [-0.1, -0.05) is 6.92 Å². The molecule has 1 rings (SSSR count). The number of unbranched alkanes of at least 4 members (excludes halogenated alkanes) is 1. The van der Waals surface area contributed by atoms with E-state index in [1.54, 1.807) is 0 Å². The van der Waals surface area contributed by atoms with Gasteiger partial charge in [0, 0.05) is 19.0 Å². The molecule has 1 fully saturated rings. The number of nitrogens with one attached hydrogen (secondary N) is 1. The molecule has 0 saturated carbocycles. The van der Waals surface area contributed by atoms with Crippen LogP contribution in [0.4, 0.5) is 13.2 Å². The molecule has 1 saturated heterocycles. The van der Waals surface area contributed by atoms with Crippen molar-refractivity contribution < 1.29 is 13.2 Å². The van der Waals surface area contributed by atoms with Gasteiger partial charge in [-0.3, -0.25) is 0 Å². The van der Waals surface area contributed by atoms with Crippen LogP contribution < -0.4 is 5.32 Å². The topological polar surface area (TPSA) is 15.3 Å². The first-order valence-corrected chi connectivity index (χ1v) is 6.54. The molecule has 0 aromatic carbocycles. The van der Waals surface area contributed by atoms with Gasteiger partial charge in [0.25, 0.3) is 0 Å². The van der Waals surface area contributed by atoms with Gasteiger partial charge < -0.3 is 10.2 Å². The fraction of sp³-hybridized carbons (Fsp3) is 1.00. The Bertz CT molecular complexity index is 206. The molecule has 0 bridgehead atoms. The average Bonchev–Trinajstić information content (AvgIpc) is 2.48. The fourth-order valence-electron chi connectivity index (χ4n) is 2.21. The summed E-state index contributed by atoms with van der Waals surface area (Å²) in [6.07, 6.45) is -1.56. The smallest absolute Gasteiger partial charge is 0.313 e. The van der Waals surface area contributed by atoms with Crippen molar-refractivity contribution in [3.8, 4) is 0 Å². The first-order valence-electron chi connectivity index (χ1n) is 6.54. The summed E-state index contributed by atoms with van der Waals surface area (Å²) in [5.41, 5.74) is 0. The van der Waals surface area contributed by atoms with Crippen molar-refractivity contribution in [1.82, 2.24) is 10.2 Å². The zero-order valence-electron chi connectivity index (χ0n) is 10.5. The molecule has 102 valence electrons. The molecule has 0 aliphatic carbocycles. The summed E-state index contributed by atoms with van der Waals surface area (Å²) in [6.45, 7) is 5.95. The number of halogens is 3. The van der Waals surface area contributed by atoms with E-state index in [2.05, 4.69) is 17.1 Å². The molecule has 1 atom stereocenters. The third-order valence-electron chi connectivity index (χ3n) is 3.24. The molecule has 1 N–H and O–H groups in total. The largest absolute Gasteiger partial charge is 0.389 e. The van der Waals surface area contributed by atoms with E-state index in [1.807, 2.05) is 0 Å². The Morgan fingerprint density at radius 2 is 2.06 bits per heavy atom. The van der Waals surface area contributed by atoms with E-state index in [9.17, 15) is 13.2 Å². The van der Waals surface area contributed by atoms with Crippen molar-refractivity contribution in [1.29, 1.82) is 0 Å². The quantitative estimate of drug-likeness (QED) is 0.757. The Morgan fingerprint density at radius 1 is 1.29 bits per heavy atom. The van der Waals surface area contributed by atoms with Crippen LogP contribution in [0.1, 0.15) is 39.0 Å². The summed E-state index contributed by atoms with van der Waals surface area (Å²) < 4.78 is 35.9. The molecule has 1 heterocycles. The van der Waals surface area contributed by atoms with Gasteiger partial charge in [-0.05, 0) is 45.3 Å². The molecule has 0 aromatic heterocycles. The van der Waals surface area contributed by atoms with E-state index in [0.717, 1.165) is 39.0 Å². The molecule has 0 amide bonds. The molecular weight excluding hydrogens is 229 g/mol. The van der Waals surface area contributed by atoms with Gasteiger partial charge in [0.15, 0.2) is 0 Å². The first-order chi connectivity index (χ1) is 8.01. The predicted molar refractivity (Wildman–Crippen MR) is 63.0 cm³/mol. The number of hydrogen-bond donors (Lipinski definition) is 1. The Balaban J connectivity index is 2.16. The summed E-state index contributed by atoms with van der Waals surface area (Å²) in [5.74, 6) is 0. The molecule has 5 heteroatoms. The predicted octanol–water partition coefficient (Wildman–Crippen LogP) is 2.79. The minimum atomic E-state index is -3.99. The van der Waals surface area contributed by atoms with Gasteiger partial charge in [-0.2, -0.15) is 13.2 Å². The number of hydrogen-bond acceptors (Lipinski definition) is 2. The highest BCUT2D eigenvalue weighted by Crippen LogP contribution is 2.22. The molecule has 1 aliphatic heterocycles. The summed E-state index contributed by atoms with van der Waals surface area (Å²) >= 11 is 0. The average molecular weight is 252 g/mol. The second kappa shape index (κ2) is 7.21. The SMILES string of the molecule is CCC1CN(CCCCC(F)(F)F)CCCN1. The van der Waals surface area contributed by atoms with E-state index in [4.69, 9.17) is 0 Å². The zero-order valence-corrected chi connectivity index (χ0v) is 10.5. The Labute approximate surface area is 102 Å².